The standard InChI is InChI=1S/C41H83NO4/c1-3-5-7-9-11-13-14-15-16-17-18-19-20-21-22-23-24-25-27-28-30-32-34-38(44)36-41(46)42-39(37-43)40(45)35-33-31-29-26-12-10-8-6-4-2/h38-40,43-45H,3-37H2,1-2H3,(H,42,46). The Bertz CT molecular complexity index is 601. The van der Waals surface area contributed by atoms with Crippen LogP contribution in [0.2, 0.25) is 0 Å². The van der Waals surface area contributed by atoms with Crippen molar-refractivity contribution in [3.63, 3.8) is 0 Å². The van der Waals surface area contributed by atoms with Crippen molar-refractivity contribution >= 4 is 5.91 Å². The topological polar surface area (TPSA) is 89.8 Å². The number of hydrogen-bond acceptors (Lipinski definition) is 4. The molecule has 46 heavy (non-hydrogen) atoms. The van der Waals surface area contributed by atoms with Gasteiger partial charge in [0.2, 0.25) is 5.91 Å². The first-order chi connectivity index (χ1) is 22.5. The third-order valence-corrected chi connectivity index (χ3v) is 9.92. The van der Waals surface area contributed by atoms with E-state index in [0.717, 1.165) is 25.7 Å². The van der Waals surface area contributed by atoms with Gasteiger partial charge < -0.3 is 20.6 Å². The first kappa shape index (κ1) is 45.3. The van der Waals surface area contributed by atoms with E-state index in [4.69, 9.17) is 0 Å². The predicted molar refractivity (Wildman–Crippen MR) is 199 cm³/mol. The van der Waals surface area contributed by atoms with E-state index < -0.39 is 18.2 Å². The molecular formula is C41H83NO4. The Morgan fingerprint density at radius 3 is 1.04 bits per heavy atom. The molecule has 0 bridgehead atoms. The van der Waals surface area contributed by atoms with Crippen molar-refractivity contribution in [1.82, 2.24) is 5.32 Å². The van der Waals surface area contributed by atoms with Crippen LogP contribution in [0.5, 0.6) is 0 Å². The summed E-state index contributed by atoms with van der Waals surface area (Å²) in [7, 11) is 0. The Kier molecular flexibility index (Phi) is 36.6. The van der Waals surface area contributed by atoms with Gasteiger partial charge in [-0.15, -0.1) is 0 Å². The lowest BCUT2D eigenvalue weighted by Gasteiger charge is -2.23. The summed E-state index contributed by atoms with van der Waals surface area (Å²) in [6.07, 6.45) is 40.8. The van der Waals surface area contributed by atoms with Crippen molar-refractivity contribution in [3.8, 4) is 0 Å². The van der Waals surface area contributed by atoms with Crippen LogP contribution in [0, 0.1) is 0 Å². The molecule has 0 aliphatic rings. The molecule has 0 spiro atoms. The van der Waals surface area contributed by atoms with E-state index in [1.165, 1.54) is 173 Å². The highest BCUT2D eigenvalue weighted by Gasteiger charge is 2.21. The molecule has 4 N–H and O–H groups in total. The van der Waals surface area contributed by atoms with Crippen molar-refractivity contribution < 1.29 is 20.1 Å². The molecule has 0 fully saturated rings. The van der Waals surface area contributed by atoms with Crippen LogP contribution in [0.25, 0.3) is 0 Å². The minimum atomic E-state index is -0.741. The molecule has 3 atom stereocenters. The average molecular weight is 654 g/mol. The molecular weight excluding hydrogens is 570 g/mol. The lowest BCUT2D eigenvalue weighted by Crippen LogP contribution is -2.46. The summed E-state index contributed by atoms with van der Waals surface area (Å²) >= 11 is 0. The number of unbranched alkanes of at least 4 members (excludes halogenated alkanes) is 29. The quantitative estimate of drug-likeness (QED) is 0.0499. The molecule has 276 valence electrons. The minimum absolute atomic E-state index is 0.0422. The molecule has 0 heterocycles. The van der Waals surface area contributed by atoms with E-state index in [9.17, 15) is 20.1 Å². The monoisotopic (exact) mass is 654 g/mol. The number of carbonyl (C=O) groups is 1. The zero-order valence-electron chi connectivity index (χ0n) is 31.2. The molecule has 0 aliphatic heterocycles. The maximum absolute atomic E-state index is 12.4. The van der Waals surface area contributed by atoms with Crippen LogP contribution in [0.4, 0.5) is 0 Å². The van der Waals surface area contributed by atoms with Gasteiger partial charge in [-0.1, -0.05) is 213 Å². The second kappa shape index (κ2) is 37.2. The molecule has 0 aliphatic carbocycles. The third kappa shape index (κ3) is 33.3. The fraction of sp³-hybridized carbons (Fsp3) is 0.976. The fourth-order valence-corrected chi connectivity index (χ4v) is 6.70. The maximum atomic E-state index is 12.4. The van der Waals surface area contributed by atoms with E-state index >= 15 is 0 Å². The minimum Gasteiger partial charge on any atom is -0.394 e. The molecule has 5 heteroatoms. The van der Waals surface area contributed by atoms with Crippen molar-refractivity contribution in [1.29, 1.82) is 0 Å². The average Bonchev–Trinajstić information content (AvgIpc) is 3.05. The van der Waals surface area contributed by atoms with Crippen molar-refractivity contribution in [2.24, 2.45) is 0 Å². The molecule has 5 nitrogen and oxygen atoms in total. The molecule has 0 aromatic carbocycles. The molecule has 1 amide bonds. The van der Waals surface area contributed by atoms with Gasteiger partial charge in [0.25, 0.3) is 0 Å². The summed E-state index contributed by atoms with van der Waals surface area (Å²) in [5, 5.41) is 33.2. The molecule has 0 aromatic rings. The van der Waals surface area contributed by atoms with Gasteiger partial charge in [-0.25, -0.2) is 0 Å². The van der Waals surface area contributed by atoms with Crippen molar-refractivity contribution in [3.05, 3.63) is 0 Å². The highest BCUT2D eigenvalue weighted by atomic mass is 16.3. The number of hydrogen-bond donors (Lipinski definition) is 4. The summed E-state index contributed by atoms with van der Waals surface area (Å²) in [5.74, 6) is -0.281. The first-order valence-corrected chi connectivity index (χ1v) is 20.8. The second-order valence-corrected chi connectivity index (χ2v) is 14.6. The third-order valence-electron chi connectivity index (χ3n) is 9.92. The fourth-order valence-electron chi connectivity index (χ4n) is 6.70. The number of aliphatic hydroxyl groups excluding tert-OH is 3. The van der Waals surface area contributed by atoms with E-state index in [1.807, 2.05) is 0 Å². The molecule has 0 saturated carbocycles. The van der Waals surface area contributed by atoms with Crippen LogP contribution >= 0.6 is 0 Å². The highest BCUT2D eigenvalue weighted by Crippen LogP contribution is 2.17. The van der Waals surface area contributed by atoms with Crippen LogP contribution in [0.3, 0.4) is 0 Å². The Morgan fingerprint density at radius 1 is 0.457 bits per heavy atom. The van der Waals surface area contributed by atoms with Crippen LogP contribution in [-0.4, -0.2) is 46.1 Å². The predicted octanol–water partition coefficient (Wildman–Crippen LogP) is 11.5. The second-order valence-electron chi connectivity index (χ2n) is 14.6. The molecule has 0 aromatic heterocycles. The zero-order chi connectivity index (χ0) is 33.8. The number of carbonyl (C=O) groups excluding carboxylic acids is 1. The normalized spacial score (nSPS) is 13.6. The van der Waals surface area contributed by atoms with Gasteiger partial charge in [0.15, 0.2) is 0 Å². The lowest BCUT2D eigenvalue weighted by atomic mass is 10.0. The van der Waals surface area contributed by atoms with Gasteiger partial charge >= 0.3 is 0 Å². The Morgan fingerprint density at radius 2 is 0.739 bits per heavy atom. The highest BCUT2D eigenvalue weighted by molar-refractivity contribution is 5.76. The molecule has 3 unspecified atom stereocenters. The van der Waals surface area contributed by atoms with Crippen LogP contribution in [-0.2, 0) is 4.79 Å². The SMILES string of the molecule is CCCCCCCCCCCCCCCCCCCCCCCCC(O)CC(=O)NC(CO)C(O)CCCCCCCCCCC. The summed E-state index contributed by atoms with van der Waals surface area (Å²) in [5.41, 5.74) is 0. The summed E-state index contributed by atoms with van der Waals surface area (Å²) in [6.45, 7) is 4.25. The van der Waals surface area contributed by atoms with Crippen molar-refractivity contribution in [2.45, 2.75) is 250 Å². The first-order valence-electron chi connectivity index (χ1n) is 20.8. The summed E-state index contributed by atoms with van der Waals surface area (Å²) in [4.78, 5) is 12.4. The smallest absolute Gasteiger partial charge is 0.222 e. The Balaban J connectivity index is 3.51. The Labute approximate surface area is 287 Å². The van der Waals surface area contributed by atoms with Crippen molar-refractivity contribution in [2.75, 3.05) is 6.61 Å². The Hall–Kier alpha value is -0.650. The van der Waals surface area contributed by atoms with Gasteiger partial charge in [-0.3, -0.25) is 4.79 Å². The van der Waals surface area contributed by atoms with Crippen LogP contribution in [0.15, 0.2) is 0 Å². The maximum Gasteiger partial charge on any atom is 0.222 e. The zero-order valence-corrected chi connectivity index (χ0v) is 31.2. The number of amides is 1. The lowest BCUT2D eigenvalue weighted by molar-refractivity contribution is -0.125. The number of rotatable bonds is 38. The van der Waals surface area contributed by atoms with Crippen LogP contribution < -0.4 is 5.32 Å². The molecule has 0 saturated heterocycles. The van der Waals surface area contributed by atoms with Gasteiger partial charge in [-0.2, -0.15) is 0 Å². The van der Waals surface area contributed by atoms with E-state index in [2.05, 4.69) is 19.2 Å². The van der Waals surface area contributed by atoms with Gasteiger partial charge in [-0.05, 0) is 12.8 Å². The summed E-state index contributed by atoms with van der Waals surface area (Å²) < 4.78 is 0. The number of aliphatic hydroxyl groups is 3. The summed E-state index contributed by atoms with van der Waals surface area (Å²) in [6, 6.07) is -0.650. The van der Waals surface area contributed by atoms with E-state index in [1.54, 1.807) is 0 Å². The molecule has 0 rings (SSSR count). The largest absolute Gasteiger partial charge is 0.394 e. The van der Waals surface area contributed by atoms with Crippen LogP contribution in [0.1, 0.15) is 232 Å². The number of nitrogens with one attached hydrogen (secondary N) is 1. The van der Waals surface area contributed by atoms with Gasteiger partial charge in [0.1, 0.15) is 0 Å². The van der Waals surface area contributed by atoms with E-state index in [0.29, 0.717) is 12.8 Å². The van der Waals surface area contributed by atoms with Gasteiger partial charge in [0.05, 0.1) is 31.3 Å². The van der Waals surface area contributed by atoms with E-state index in [-0.39, 0.29) is 18.9 Å². The van der Waals surface area contributed by atoms with Gasteiger partial charge in [0, 0.05) is 0 Å². The molecule has 0 radical (unpaired) electrons.